The average Bonchev–Trinajstić information content (AvgIpc) is 2.68. The quantitative estimate of drug-likeness (QED) is 0.886. The molecule has 1 atom stereocenters. The summed E-state index contributed by atoms with van der Waals surface area (Å²) >= 11 is 13.8. The van der Waals surface area contributed by atoms with Crippen LogP contribution in [-0.4, -0.2) is 18.1 Å². The van der Waals surface area contributed by atoms with Gasteiger partial charge in [-0.1, -0.05) is 23.2 Å². The van der Waals surface area contributed by atoms with Crippen molar-refractivity contribution in [3.63, 3.8) is 0 Å². The zero-order valence-electron chi connectivity index (χ0n) is 8.60. The van der Waals surface area contributed by atoms with Crippen LogP contribution in [0.25, 0.3) is 0 Å². The van der Waals surface area contributed by atoms with Gasteiger partial charge in [-0.2, -0.15) is 11.8 Å². The molecule has 1 aliphatic heterocycles. The first kappa shape index (κ1) is 12.3. The Hall–Kier alpha value is -0.120. The highest BCUT2D eigenvalue weighted by Crippen LogP contribution is 2.32. The molecule has 0 bridgehead atoms. The van der Waals surface area contributed by atoms with Gasteiger partial charge in [0.15, 0.2) is 0 Å². The maximum Gasteiger partial charge on any atom is 0.126 e. The molecule has 2 rings (SSSR count). The number of benzene rings is 1. The zero-order valence-corrected chi connectivity index (χ0v) is 10.9. The van der Waals surface area contributed by atoms with Crippen LogP contribution in [0.1, 0.15) is 6.42 Å². The SMILES string of the molecule is Fc1cc(Cl)c(NCC2CCSC2)c(Cl)c1. The van der Waals surface area contributed by atoms with Crippen LogP contribution in [0.5, 0.6) is 0 Å². The minimum atomic E-state index is -0.406. The van der Waals surface area contributed by atoms with E-state index in [2.05, 4.69) is 5.32 Å². The molecule has 1 heterocycles. The third kappa shape index (κ3) is 2.96. The summed E-state index contributed by atoms with van der Waals surface area (Å²) in [4.78, 5) is 0. The Labute approximate surface area is 109 Å². The van der Waals surface area contributed by atoms with Gasteiger partial charge >= 0.3 is 0 Å². The maximum absolute atomic E-state index is 12.9. The van der Waals surface area contributed by atoms with Crippen molar-refractivity contribution in [3.8, 4) is 0 Å². The van der Waals surface area contributed by atoms with E-state index in [1.54, 1.807) is 0 Å². The van der Waals surface area contributed by atoms with Crippen molar-refractivity contribution < 1.29 is 4.39 Å². The van der Waals surface area contributed by atoms with Crippen molar-refractivity contribution in [1.82, 2.24) is 0 Å². The summed E-state index contributed by atoms with van der Waals surface area (Å²) in [6.07, 6.45) is 1.22. The molecule has 1 nitrogen and oxygen atoms in total. The van der Waals surface area contributed by atoms with Crippen LogP contribution in [0, 0.1) is 11.7 Å². The van der Waals surface area contributed by atoms with Gasteiger partial charge in [0.2, 0.25) is 0 Å². The van der Waals surface area contributed by atoms with E-state index >= 15 is 0 Å². The fourth-order valence-corrected chi connectivity index (χ4v) is 3.58. The molecule has 1 saturated heterocycles. The summed E-state index contributed by atoms with van der Waals surface area (Å²) in [5.74, 6) is 2.64. The topological polar surface area (TPSA) is 12.0 Å². The summed E-state index contributed by atoms with van der Waals surface area (Å²) in [5.41, 5.74) is 0.640. The molecule has 0 aliphatic carbocycles. The molecule has 5 heteroatoms. The maximum atomic E-state index is 12.9. The van der Waals surface area contributed by atoms with Crippen LogP contribution in [0.3, 0.4) is 0 Å². The second-order valence-electron chi connectivity index (χ2n) is 3.85. The Morgan fingerprint density at radius 2 is 2.06 bits per heavy atom. The minimum absolute atomic E-state index is 0.343. The molecule has 1 aromatic rings. The first-order valence-electron chi connectivity index (χ1n) is 5.13. The molecule has 0 radical (unpaired) electrons. The second-order valence-corrected chi connectivity index (χ2v) is 5.82. The van der Waals surface area contributed by atoms with E-state index in [-0.39, 0.29) is 0 Å². The van der Waals surface area contributed by atoms with Crippen LogP contribution >= 0.6 is 35.0 Å². The second kappa shape index (κ2) is 5.48. The van der Waals surface area contributed by atoms with Crippen molar-refractivity contribution in [2.45, 2.75) is 6.42 Å². The Balaban J connectivity index is 2.03. The molecule has 1 N–H and O–H groups in total. The van der Waals surface area contributed by atoms with Crippen molar-refractivity contribution in [2.24, 2.45) is 5.92 Å². The fourth-order valence-electron chi connectivity index (χ4n) is 1.70. The van der Waals surface area contributed by atoms with Gasteiger partial charge in [-0.15, -0.1) is 0 Å². The van der Waals surface area contributed by atoms with Gasteiger partial charge in [0.25, 0.3) is 0 Å². The van der Waals surface area contributed by atoms with Crippen LogP contribution in [0.15, 0.2) is 12.1 Å². The van der Waals surface area contributed by atoms with Crippen molar-refractivity contribution in [1.29, 1.82) is 0 Å². The number of nitrogens with one attached hydrogen (secondary N) is 1. The predicted octanol–water partition coefficient (Wildman–Crippen LogP) is 4.30. The Bertz CT molecular complexity index is 357. The van der Waals surface area contributed by atoms with Crippen LogP contribution < -0.4 is 5.32 Å². The highest BCUT2D eigenvalue weighted by Gasteiger charge is 2.16. The number of anilines is 1. The lowest BCUT2D eigenvalue weighted by atomic mass is 10.1. The van der Waals surface area contributed by atoms with Crippen LogP contribution in [0.4, 0.5) is 10.1 Å². The van der Waals surface area contributed by atoms with E-state index < -0.39 is 5.82 Å². The molecule has 88 valence electrons. The lowest BCUT2D eigenvalue weighted by Gasteiger charge is -2.13. The van der Waals surface area contributed by atoms with E-state index in [9.17, 15) is 4.39 Å². The van der Waals surface area contributed by atoms with Gasteiger partial charge < -0.3 is 5.32 Å². The third-order valence-electron chi connectivity index (χ3n) is 2.60. The van der Waals surface area contributed by atoms with Gasteiger partial charge in [0, 0.05) is 6.54 Å². The number of halogens is 3. The van der Waals surface area contributed by atoms with Crippen LogP contribution in [0.2, 0.25) is 10.0 Å². The predicted molar refractivity (Wildman–Crippen MR) is 70.3 cm³/mol. The summed E-state index contributed by atoms with van der Waals surface area (Å²) in [6, 6.07) is 2.55. The van der Waals surface area contributed by atoms with Crippen molar-refractivity contribution in [2.75, 3.05) is 23.4 Å². The molecule has 0 aromatic heterocycles. The summed E-state index contributed by atoms with van der Waals surface area (Å²) < 4.78 is 12.9. The summed E-state index contributed by atoms with van der Waals surface area (Å²) in [7, 11) is 0. The van der Waals surface area contributed by atoms with E-state index in [0.29, 0.717) is 21.7 Å². The molecule has 0 spiro atoms. The van der Waals surface area contributed by atoms with E-state index in [0.717, 1.165) is 6.54 Å². The van der Waals surface area contributed by atoms with E-state index in [1.807, 2.05) is 11.8 Å². The molecule has 16 heavy (non-hydrogen) atoms. The summed E-state index contributed by atoms with van der Waals surface area (Å²) in [6.45, 7) is 0.845. The third-order valence-corrected chi connectivity index (χ3v) is 4.43. The number of hydrogen-bond donors (Lipinski definition) is 1. The Morgan fingerprint density at radius 1 is 1.38 bits per heavy atom. The molecule has 1 fully saturated rings. The number of hydrogen-bond acceptors (Lipinski definition) is 2. The number of rotatable bonds is 3. The van der Waals surface area contributed by atoms with E-state index in [1.165, 1.54) is 30.1 Å². The Morgan fingerprint density at radius 3 is 2.62 bits per heavy atom. The standard InChI is InChI=1S/C11H12Cl2FNS/c12-9-3-8(14)4-10(13)11(9)15-5-7-1-2-16-6-7/h3-4,7,15H,1-2,5-6H2. The largest absolute Gasteiger partial charge is 0.382 e. The molecular weight excluding hydrogens is 268 g/mol. The van der Waals surface area contributed by atoms with Gasteiger partial charge in [0.05, 0.1) is 15.7 Å². The molecule has 1 aliphatic rings. The zero-order chi connectivity index (χ0) is 11.5. The summed E-state index contributed by atoms with van der Waals surface area (Å²) in [5, 5.41) is 3.89. The molecule has 1 aromatic carbocycles. The number of thioether (sulfide) groups is 1. The monoisotopic (exact) mass is 279 g/mol. The fraction of sp³-hybridized carbons (Fsp3) is 0.455. The molecule has 0 amide bonds. The highest BCUT2D eigenvalue weighted by molar-refractivity contribution is 7.99. The normalized spacial score (nSPS) is 20.1. The van der Waals surface area contributed by atoms with Gasteiger partial charge in [-0.25, -0.2) is 4.39 Å². The van der Waals surface area contributed by atoms with Gasteiger partial charge in [-0.3, -0.25) is 0 Å². The van der Waals surface area contributed by atoms with E-state index in [4.69, 9.17) is 23.2 Å². The van der Waals surface area contributed by atoms with Gasteiger partial charge in [0.1, 0.15) is 5.82 Å². The highest BCUT2D eigenvalue weighted by atomic mass is 35.5. The lowest BCUT2D eigenvalue weighted by Crippen LogP contribution is -2.14. The minimum Gasteiger partial charge on any atom is -0.382 e. The van der Waals surface area contributed by atoms with Crippen molar-refractivity contribution >= 4 is 40.7 Å². The molecular formula is C11H12Cl2FNS. The van der Waals surface area contributed by atoms with Gasteiger partial charge in [-0.05, 0) is 36.0 Å². The Kier molecular flexibility index (Phi) is 4.22. The molecule has 1 unspecified atom stereocenters. The average molecular weight is 280 g/mol. The first-order valence-corrected chi connectivity index (χ1v) is 7.04. The van der Waals surface area contributed by atoms with Crippen molar-refractivity contribution in [3.05, 3.63) is 28.0 Å². The smallest absolute Gasteiger partial charge is 0.126 e. The van der Waals surface area contributed by atoms with Crippen LogP contribution in [-0.2, 0) is 0 Å². The lowest BCUT2D eigenvalue weighted by molar-refractivity contribution is 0.625. The molecule has 0 saturated carbocycles. The first-order chi connectivity index (χ1) is 7.66.